The van der Waals surface area contributed by atoms with Crippen molar-refractivity contribution in [2.45, 2.75) is 39.0 Å². The SMILES string of the molecule is CC(C)C[C@H]1Oc2ccc(Cl)cc2[C@H]2CC(c3cccs3)=NN21. The van der Waals surface area contributed by atoms with Crippen molar-refractivity contribution in [1.82, 2.24) is 5.01 Å². The Hall–Kier alpha value is -1.52. The van der Waals surface area contributed by atoms with Gasteiger partial charge in [-0.1, -0.05) is 31.5 Å². The van der Waals surface area contributed by atoms with Gasteiger partial charge in [0.2, 0.25) is 0 Å². The number of thiophene rings is 1. The van der Waals surface area contributed by atoms with Crippen LogP contribution in [0.5, 0.6) is 5.75 Å². The molecule has 120 valence electrons. The molecule has 0 amide bonds. The predicted molar refractivity (Wildman–Crippen MR) is 95.4 cm³/mol. The molecule has 2 atom stereocenters. The number of rotatable bonds is 3. The number of hydrogen-bond acceptors (Lipinski definition) is 4. The molecule has 3 heterocycles. The Kier molecular flexibility index (Phi) is 3.82. The molecule has 0 saturated carbocycles. The summed E-state index contributed by atoms with van der Waals surface area (Å²) in [6.07, 6.45) is 1.86. The van der Waals surface area contributed by atoms with Gasteiger partial charge in [0, 0.05) is 23.4 Å². The van der Waals surface area contributed by atoms with E-state index in [4.69, 9.17) is 21.4 Å². The second-order valence-electron chi connectivity index (χ2n) is 6.51. The summed E-state index contributed by atoms with van der Waals surface area (Å²) >= 11 is 7.96. The van der Waals surface area contributed by atoms with E-state index >= 15 is 0 Å². The minimum atomic E-state index is -0.00821. The molecule has 3 nitrogen and oxygen atoms in total. The van der Waals surface area contributed by atoms with Crippen molar-refractivity contribution >= 4 is 28.6 Å². The van der Waals surface area contributed by atoms with Gasteiger partial charge in [-0.05, 0) is 35.6 Å². The van der Waals surface area contributed by atoms with Crippen LogP contribution in [0.15, 0.2) is 40.8 Å². The third-order valence-corrected chi connectivity index (χ3v) is 5.46. The van der Waals surface area contributed by atoms with Gasteiger partial charge in [0.15, 0.2) is 6.23 Å². The molecule has 2 aliphatic rings. The summed E-state index contributed by atoms with van der Waals surface area (Å²) < 4.78 is 6.24. The summed E-state index contributed by atoms with van der Waals surface area (Å²) in [6, 6.07) is 10.3. The molecule has 0 spiro atoms. The van der Waals surface area contributed by atoms with E-state index in [0.29, 0.717) is 5.92 Å². The highest BCUT2D eigenvalue weighted by molar-refractivity contribution is 7.12. The summed E-state index contributed by atoms with van der Waals surface area (Å²) in [5.74, 6) is 1.50. The molecular formula is C18H19ClN2OS. The van der Waals surface area contributed by atoms with Crippen LogP contribution < -0.4 is 4.74 Å². The molecule has 1 aromatic carbocycles. The highest BCUT2D eigenvalue weighted by atomic mass is 35.5. The largest absolute Gasteiger partial charge is 0.469 e. The zero-order valence-corrected chi connectivity index (χ0v) is 14.8. The fourth-order valence-electron chi connectivity index (χ4n) is 3.28. The number of benzene rings is 1. The van der Waals surface area contributed by atoms with E-state index in [1.54, 1.807) is 11.3 Å². The van der Waals surface area contributed by atoms with Gasteiger partial charge < -0.3 is 4.74 Å². The number of hydrazone groups is 1. The highest BCUT2D eigenvalue weighted by Crippen LogP contribution is 2.45. The van der Waals surface area contributed by atoms with Crippen LogP contribution in [0, 0.1) is 5.92 Å². The molecule has 23 heavy (non-hydrogen) atoms. The lowest BCUT2D eigenvalue weighted by Crippen LogP contribution is -2.41. The van der Waals surface area contributed by atoms with E-state index in [0.717, 1.165) is 34.9 Å². The monoisotopic (exact) mass is 346 g/mol. The third-order valence-electron chi connectivity index (χ3n) is 4.31. The fourth-order valence-corrected chi connectivity index (χ4v) is 4.19. The van der Waals surface area contributed by atoms with Crippen LogP contribution in [0.4, 0.5) is 0 Å². The van der Waals surface area contributed by atoms with Crippen LogP contribution in [0.25, 0.3) is 0 Å². The first-order valence-corrected chi connectivity index (χ1v) is 9.23. The predicted octanol–water partition coefficient (Wildman–Crippen LogP) is 5.32. The molecule has 0 fully saturated rings. The molecule has 0 saturated heterocycles. The summed E-state index contributed by atoms with van der Waals surface area (Å²) in [6.45, 7) is 4.44. The van der Waals surface area contributed by atoms with Gasteiger partial charge in [-0.2, -0.15) is 5.10 Å². The van der Waals surface area contributed by atoms with Gasteiger partial charge in [0.1, 0.15) is 5.75 Å². The Morgan fingerprint density at radius 2 is 2.26 bits per heavy atom. The van der Waals surface area contributed by atoms with Crippen molar-refractivity contribution in [3.63, 3.8) is 0 Å². The van der Waals surface area contributed by atoms with E-state index in [9.17, 15) is 0 Å². The van der Waals surface area contributed by atoms with Crippen LogP contribution >= 0.6 is 22.9 Å². The van der Waals surface area contributed by atoms with Crippen LogP contribution in [-0.2, 0) is 0 Å². The van der Waals surface area contributed by atoms with Gasteiger partial charge in [-0.3, -0.25) is 5.01 Å². The fraction of sp³-hybridized carbons (Fsp3) is 0.389. The van der Waals surface area contributed by atoms with E-state index in [1.807, 2.05) is 18.2 Å². The van der Waals surface area contributed by atoms with E-state index in [-0.39, 0.29) is 12.3 Å². The molecule has 2 aliphatic heterocycles. The zero-order valence-electron chi connectivity index (χ0n) is 13.2. The molecule has 1 aromatic heterocycles. The zero-order chi connectivity index (χ0) is 16.0. The highest BCUT2D eigenvalue weighted by Gasteiger charge is 2.40. The van der Waals surface area contributed by atoms with E-state index < -0.39 is 0 Å². The van der Waals surface area contributed by atoms with E-state index in [2.05, 4.69) is 36.4 Å². The van der Waals surface area contributed by atoms with E-state index in [1.165, 1.54) is 4.88 Å². The number of fused-ring (bicyclic) bond motifs is 3. The third kappa shape index (κ3) is 2.74. The van der Waals surface area contributed by atoms with Crippen molar-refractivity contribution in [2.75, 3.05) is 0 Å². The number of halogens is 1. The molecular weight excluding hydrogens is 328 g/mol. The molecule has 0 unspecified atom stereocenters. The van der Waals surface area contributed by atoms with Gasteiger partial charge >= 0.3 is 0 Å². The topological polar surface area (TPSA) is 24.8 Å². The molecule has 4 rings (SSSR count). The van der Waals surface area contributed by atoms with Gasteiger partial charge in [-0.25, -0.2) is 0 Å². The smallest absolute Gasteiger partial charge is 0.188 e. The van der Waals surface area contributed by atoms with Crippen molar-refractivity contribution < 1.29 is 4.74 Å². The standard InChI is InChI=1S/C18H19ClN2OS/c1-11(2)8-18-21-15(10-14(20-21)17-4-3-7-23-17)13-9-12(19)5-6-16(13)22-18/h3-7,9,11,15,18H,8,10H2,1-2H3/t15-,18-/m1/s1. The summed E-state index contributed by atoms with van der Waals surface area (Å²) in [4.78, 5) is 1.24. The second-order valence-corrected chi connectivity index (χ2v) is 7.89. The van der Waals surface area contributed by atoms with Crippen LogP contribution in [0.2, 0.25) is 5.02 Å². The minimum Gasteiger partial charge on any atom is -0.469 e. The maximum atomic E-state index is 6.24. The van der Waals surface area contributed by atoms with Crippen molar-refractivity contribution in [2.24, 2.45) is 11.0 Å². The lowest BCUT2D eigenvalue weighted by atomic mass is 9.97. The summed E-state index contributed by atoms with van der Waals surface area (Å²) in [5, 5.41) is 9.90. The normalized spacial score (nSPS) is 22.6. The molecule has 2 aromatic rings. The van der Waals surface area contributed by atoms with Gasteiger partial charge in [0.05, 0.1) is 16.6 Å². The van der Waals surface area contributed by atoms with Gasteiger partial charge in [-0.15, -0.1) is 11.3 Å². The molecule has 5 heteroatoms. The number of hydrogen-bond donors (Lipinski definition) is 0. The Morgan fingerprint density at radius 3 is 3.00 bits per heavy atom. The summed E-state index contributed by atoms with van der Waals surface area (Å²) in [7, 11) is 0. The number of nitrogens with zero attached hydrogens (tertiary/aromatic N) is 2. The average molecular weight is 347 g/mol. The second kappa shape index (κ2) is 5.84. The lowest BCUT2D eigenvalue weighted by molar-refractivity contribution is -0.0291. The molecule has 0 radical (unpaired) electrons. The van der Waals surface area contributed by atoms with Crippen molar-refractivity contribution in [3.05, 3.63) is 51.2 Å². The quantitative estimate of drug-likeness (QED) is 0.751. The Bertz CT molecular complexity index is 741. The Morgan fingerprint density at radius 1 is 1.39 bits per heavy atom. The first-order chi connectivity index (χ1) is 11.1. The lowest BCUT2D eigenvalue weighted by Gasteiger charge is -2.38. The molecule has 0 N–H and O–H groups in total. The molecule has 0 aliphatic carbocycles. The van der Waals surface area contributed by atoms with Crippen LogP contribution in [-0.4, -0.2) is 16.9 Å². The van der Waals surface area contributed by atoms with Crippen LogP contribution in [0.3, 0.4) is 0 Å². The maximum Gasteiger partial charge on any atom is 0.188 e. The van der Waals surface area contributed by atoms with Crippen molar-refractivity contribution in [1.29, 1.82) is 0 Å². The molecule has 0 bridgehead atoms. The first kappa shape index (κ1) is 15.0. The average Bonchev–Trinajstić information content (AvgIpc) is 3.16. The maximum absolute atomic E-state index is 6.24. The Labute approximate surface area is 145 Å². The van der Waals surface area contributed by atoms with Gasteiger partial charge in [0.25, 0.3) is 0 Å². The summed E-state index contributed by atoms with van der Waals surface area (Å²) in [5.41, 5.74) is 2.29. The Balaban J connectivity index is 1.73. The van der Waals surface area contributed by atoms with Crippen LogP contribution in [0.1, 0.15) is 43.2 Å². The minimum absolute atomic E-state index is 0.00821. The first-order valence-electron chi connectivity index (χ1n) is 7.97. The van der Waals surface area contributed by atoms with Crippen molar-refractivity contribution in [3.8, 4) is 5.75 Å². The number of ether oxygens (including phenoxy) is 1.